The van der Waals surface area contributed by atoms with Gasteiger partial charge in [0.25, 0.3) is 0 Å². The Balaban J connectivity index is 1.70. The van der Waals surface area contributed by atoms with Crippen molar-refractivity contribution < 1.29 is 19.0 Å². The minimum Gasteiger partial charge on any atom is -0.493 e. The average molecular weight is 444 g/mol. The second-order valence-electron chi connectivity index (χ2n) is 9.58. The predicted octanol–water partition coefficient (Wildman–Crippen LogP) is 3.11. The van der Waals surface area contributed by atoms with E-state index in [9.17, 15) is 4.79 Å². The predicted molar refractivity (Wildman–Crippen MR) is 117 cm³/mol. The molecule has 1 aromatic heterocycles. The van der Waals surface area contributed by atoms with Crippen molar-refractivity contribution in [2.24, 2.45) is 5.41 Å². The van der Waals surface area contributed by atoms with Crippen molar-refractivity contribution in [3.8, 4) is 11.5 Å². The van der Waals surface area contributed by atoms with E-state index in [-0.39, 0.29) is 17.5 Å². The van der Waals surface area contributed by atoms with Crippen LogP contribution in [0.3, 0.4) is 0 Å². The fourth-order valence-electron chi connectivity index (χ4n) is 4.77. The van der Waals surface area contributed by atoms with Gasteiger partial charge in [-0.1, -0.05) is 6.07 Å². The van der Waals surface area contributed by atoms with Crippen molar-refractivity contribution in [2.75, 3.05) is 26.9 Å². The zero-order valence-electron chi connectivity index (χ0n) is 19.6. The number of nitrogens with zero attached hydrogens (tertiary/aromatic N) is 5. The second kappa shape index (κ2) is 8.69. The Hall–Kier alpha value is -2.68. The molecule has 1 amide bonds. The Morgan fingerprint density at radius 1 is 1.22 bits per heavy atom. The summed E-state index contributed by atoms with van der Waals surface area (Å²) in [5.41, 5.74) is 0.261. The van der Waals surface area contributed by atoms with Crippen LogP contribution in [0, 0.1) is 5.41 Å². The summed E-state index contributed by atoms with van der Waals surface area (Å²) in [5, 5.41) is 12.6. The molecule has 0 bridgehead atoms. The number of ether oxygens (including phenoxy) is 3. The highest BCUT2D eigenvalue weighted by molar-refractivity contribution is 5.85. The third-order valence-corrected chi connectivity index (χ3v) is 6.43. The highest BCUT2D eigenvalue weighted by atomic mass is 16.5. The van der Waals surface area contributed by atoms with Gasteiger partial charge < -0.3 is 19.1 Å². The van der Waals surface area contributed by atoms with Crippen LogP contribution < -0.4 is 9.47 Å². The molecule has 9 heteroatoms. The number of methoxy groups -OCH3 is 1. The van der Waals surface area contributed by atoms with Crippen LogP contribution in [-0.2, 0) is 21.6 Å². The van der Waals surface area contributed by atoms with E-state index in [1.807, 2.05) is 34.7 Å². The minimum absolute atomic E-state index is 0.155. The summed E-state index contributed by atoms with van der Waals surface area (Å²) in [5.74, 6) is 2.24. The Kier molecular flexibility index (Phi) is 6.11. The van der Waals surface area contributed by atoms with Crippen molar-refractivity contribution in [3.63, 3.8) is 0 Å². The van der Waals surface area contributed by atoms with Gasteiger partial charge in [-0.2, -0.15) is 0 Å². The van der Waals surface area contributed by atoms with Crippen molar-refractivity contribution in [1.29, 1.82) is 0 Å². The highest BCUT2D eigenvalue weighted by Crippen LogP contribution is 2.50. The first-order valence-corrected chi connectivity index (χ1v) is 11.3. The van der Waals surface area contributed by atoms with Gasteiger partial charge in [0.05, 0.1) is 30.7 Å². The zero-order chi connectivity index (χ0) is 22.9. The number of rotatable bonds is 6. The third-order valence-electron chi connectivity index (χ3n) is 6.43. The quantitative estimate of drug-likeness (QED) is 0.677. The van der Waals surface area contributed by atoms with E-state index < -0.39 is 5.41 Å². The smallest absolute Gasteiger partial charge is 0.229 e. The van der Waals surface area contributed by atoms with Gasteiger partial charge in [-0.3, -0.25) is 4.79 Å². The van der Waals surface area contributed by atoms with Gasteiger partial charge in [0.2, 0.25) is 5.91 Å². The van der Waals surface area contributed by atoms with Crippen LogP contribution in [0.15, 0.2) is 18.2 Å². The molecule has 2 fully saturated rings. The van der Waals surface area contributed by atoms with E-state index in [2.05, 4.69) is 36.3 Å². The van der Waals surface area contributed by atoms with Gasteiger partial charge in [-0.05, 0) is 75.1 Å². The molecule has 32 heavy (non-hydrogen) atoms. The number of likely N-dealkylation sites (tertiary alicyclic amines) is 1. The van der Waals surface area contributed by atoms with E-state index in [4.69, 9.17) is 14.2 Å². The van der Waals surface area contributed by atoms with Crippen LogP contribution in [0.2, 0.25) is 0 Å². The molecule has 1 unspecified atom stereocenters. The number of carbonyl (C=O) groups is 1. The van der Waals surface area contributed by atoms with Crippen LogP contribution in [0.25, 0.3) is 0 Å². The molecular weight excluding hydrogens is 410 g/mol. The van der Waals surface area contributed by atoms with Crippen LogP contribution in [0.1, 0.15) is 64.4 Å². The van der Waals surface area contributed by atoms with Gasteiger partial charge in [0.15, 0.2) is 17.3 Å². The van der Waals surface area contributed by atoms with Crippen LogP contribution in [-0.4, -0.2) is 57.9 Å². The summed E-state index contributed by atoms with van der Waals surface area (Å²) < 4.78 is 18.6. The molecule has 1 aromatic carbocycles. The van der Waals surface area contributed by atoms with Crippen LogP contribution >= 0.6 is 0 Å². The molecule has 1 spiro atoms. The highest BCUT2D eigenvalue weighted by Gasteiger charge is 2.54. The lowest BCUT2D eigenvalue weighted by molar-refractivity contribution is -0.141. The molecule has 0 saturated carbocycles. The van der Waals surface area contributed by atoms with E-state index in [1.165, 1.54) is 0 Å². The standard InChI is InChI=1S/C23H33N5O4/c1-6-32-18-8-7-16(13-19(18)30-5)15-27-17(20-24-25-26-28(20)22(2,3)4)14-23(21(27)29)9-11-31-12-10-23/h7-8,13,17H,6,9-12,14-15H2,1-5H3. The number of aromatic nitrogens is 4. The first-order valence-electron chi connectivity index (χ1n) is 11.3. The van der Waals surface area contributed by atoms with Crippen LogP contribution in [0.4, 0.5) is 0 Å². The Bertz CT molecular complexity index is 962. The Labute approximate surface area is 189 Å². The molecule has 2 saturated heterocycles. The van der Waals surface area contributed by atoms with E-state index in [0.717, 1.165) is 24.2 Å². The summed E-state index contributed by atoms with van der Waals surface area (Å²) in [6.07, 6.45) is 2.14. The lowest BCUT2D eigenvalue weighted by Crippen LogP contribution is -2.39. The molecule has 2 aliphatic heterocycles. The number of benzene rings is 1. The topological polar surface area (TPSA) is 91.6 Å². The molecule has 3 heterocycles. The van der Waals surface area contributed by atoms with Crippen molar-refractivity contribution >= 4 is 5.91 Å². The Morgan fingerprint density at radius 2 is 1.97 bits per heavy atom. The number of amides is 1. The first kappa shape index (κ1) is 22.5. The van der Waals surface area contributed by atoms with Gasteiger partial charge in [-0.25, -0.2) is 4.68 Å². The summed E-state index contributed by atoms with van der Waals surface area (Å²) in [4.78, 5) is 15.8. The fraction of sp³-hybridized carbons (Fsp3) is 0.652. The first-order chi connectivity index (χ1) is 15.3. The molecule has 9 nitrogen and oxygen atoms in total. The van der Waals surface area contributed by atoms with E-state index in [1.54, 1.807) is 7.11 Å². The van der Waals surface area contributed by atoms with Crippen molar-refractivity contribution in [1.82, 2.24) is 25.1 Å². The van der Waals surface area contributed by atoms with E-state index in [0.29, 0.717) is 44.3 Å². The average Bonchev–Trinajstić information content (AvgIpc) is 3.35. The molecule has 2 aromatic rings. The largest absolute Gasteiger partial charge is 0.493 e. The zero-order valence-corrected chi connectivity index (χ0v) is 19.6. The Morgan fingerprint density at radius 3 is 2.62 bits per heavy atom. The molecule has 0 radical (unpaired) electrons. The molecule has 1 atom stereocenters. The number of tetrazole rings is 1. The lowest BCUT2D eigenvalue weighted by atomic mass is 9.77. The molecule has 0 aliphatic carbocycles. The molecular formula is C23H33N5O4. The monoisotopic (exact) mass is 443 g/mol. The van der Waals surface area contributed by atoms with Gasteiger partial charge in [0, 0.05) is 19.8 Å². The summed E-state index contributed by atoms with van der Waals surface area (Å²) in [7, 11) is 1.62. The maximum atomic E-state index is 13.8. The second-order valence-corrected chi connectivity index (χ2v) is 9.58. The summed E-state index contributed by atoms with van der Waals surface area (Å²) in [6.45, 7) is 10.4. The van der Waals surface area contributed by atoms with Crippen LogP contribution in [0.5, 0.6) is 11.5 Å². The normalized spacial score (nSPS) is 20.7. The summed E-state index contributed by atoms with van der Waals surface area (Å²) in [6, 6.07) is 5.63. The molecule has 4 rings (SSSR count). The minimum atomic E-state index is -0.424. The van der Waals surface area contributed by atoms with Gasteiger partial charge in [0.1, 0.15) is 0 Å². The van der Waals surface area contributed by atoms with Gasteiger partial charge >= 0.3 is 0 Å². The van der Waals surface area contributed by atoms with Crippen molar-refractivity contribution in [3.05, 3.63) is 29.6 Å². The third kappa shape index (κ3) is 4.05. The number of hydrogen-bond acceptors (Lipinski definition) is 7. The maximum Gasteiger partial charge on any atom is 0.229 e. The lowest BCUT2D eigenvalue weighted by Gasteiger charge is -2.31. The van der Waals surface area contributed by atoms with E-state index >= 15 is 0 Å². The number of carbonyl (C=O) groups excluding carboxylic acids is 1. The molecule has 0 N–H and O–H groups in total. The fourth-order valence-corrected chi connectivity index (χ4v) is 4.77. The SMILES string of the molecule is CCOc1ccc(CN2C(=O)C3(CCOCC3)CC2c2nnnn2C(C)(C)C)cc1OC. The number of hydrogen-bond donors (Lipinski definition) is 0. The molecule has 2 aliphatic rings. The van der Waals surface area contributed by atoms with Gasteiger partial charge in [-0.15, -0.1) is 5.10 Å². The summed E-state index contributed by atoms with van der Waals surface area (Å²) >= 11 is 0. The molecule has 174 valence electrons. The maximum absolute atomic E-state index is 13.8. The van der Waals surface area contributed by atoms with Crippen molar-refractivity contribution in [2.45, 2.75) is 65.1 Å².